The molecule has 0 saturated heterocycles. The van der Waals surface area contributed by atoms with Gasteiger partial charge >= 0.3 is 5.97 Å². The molecule has 1 rings (SSSR count). The Balaban J connectivity index is 2.38. The van der Waals surface area contributed by atoms with Crippen LogP contribution in [0.4, 0.5) is 0 Å². The molecule has 0 radical (unpaired) electrons. The quantitative estimate of drug-likeness (QED) is 0.785. The molecule has 0 aliphatic carbocycles. The van der Waals surface area contributed by atoms with Crippen molar-refractivity contribution < 1.29 is 14.1 Å². The van der Waals surface area contributed by atoms with Gasteiger partial charge in [-0.25, -0.2) is 0 Å². The summed E-state index contributed by atoms with van der Waals surface area (Å²) in [5.74, 6) is -0.305. The molecule has 1 aromatic rings. The van der Waals surface area contributed by atoms with Gasteiger partial charge in [-0.2, -0.15) is 0 Å². The van der Waals surface area contributed by atoms with Gasteiger partial charge in [0.05, 0.1) is 6.42 Å². The summed E-state index contributed by atoms with van der Waals surface area (Å²) in [7, 11) is -1.10. The van der Waals surface area contributed by atoms with Crippen molar-refractivity contribution in [3.63, 3.8) is 0 Å². The fourth-order valence-electron chi connectivity index (χ4n) is 0.938. The molecule has 1 aromatic heterocycles. The first-order chi connectivity index (χ1) is 6.68. The van der Waals surface area contributed by atoms with Gasteiger partial charge in [0.25, 0.3) is 0 Å². The Kier molecular flexibility index (Phi) is 4.25. The molecule has 0 amide bonds. The number of hydrogen-bond acceptors (Lipinski definition) is 3. The van der Waals surface area contributed by atoms with Crippen molar-refractivity contribution in [2.75, 3.05) is 5.75 Å². The third kappa shape index (κ3) is 4.13. The molecular formula is C9H11NO3S. The highest BCUT2D eigenvalue weighted by molar-refractivity contribution is 7.84. The van der Waals surface area contributed by atoms with E-state index in [9.17, 15) is 9.00 Å². The highest BCUT2D eigenvalue weighted by atomic mass is 32.2. The lowest BCUT2D eigenvalue weighted by Crippen LogP contribution is -2.06. The van der Waals surface area contributed by atoms with Crippen LogP contribution in [0.1, 0.15) is 12.0 Å². The lowest BCUT2D eigenvalue weighted by molar-refractivity contribution is -0.136. The molecule has 1 unspecified atom stereocenters. The molecule has 1 atom stereocenters. The Labute approximate surface area is 84.4 Å². The Morgan fingerprint density at radius 2 is 2.07 bits per heavy atom. The summed E-state index contributed by atoms with van der Waals surface area (Å²) in [5.41, 5.74) is 0.920. The monoisotopic (exact) mass is 213 g/mol. The van der Waals surface area contributed by atoms with Gasteiger partial charge in [-0.15, -0.1) is 0 Å². The maximum atomic E-state index is 11.3. The number of carbonyl (C=O) groups is 1. The van der Waals surface area contributed by atoms with E-state index in [1.807, 2.05) is 0 Å². The molecule has 0 bridgehead atoms. The Morgan fingerprint density at radius 1 is 1.43 bits per heavy atom. The normalized spacial score (nSPS) is 12.3. The second-order valence-electron chi connectivity index (χ2n) is 2.79. The van der Waals surface area contributed by atoms with Crippen molar-refractivity contribution in [1.29, 1.82) is 0 Å². The largest absolute Gasteiger partial charge is 0.481 e. The Bertz CT molecular complexity index is 326. The molecule has 76 valence electrons. The molecule has 0 aliphatic heterocycles. The number of carboxylic acids is 1. The van der Waals surface area contributed by atoms with E-state index >= 15 is 0 Å². The zero-order valence-corrected chi connectivity index (χ0v) is 8.37. The molecule has 0 aliphatic rings. The SMILES string of the molecule is O=C(O)CCS(=O)Cc1ccncc1. The fourth-order valence-corrected chi connectivity index (χ4v) is 2.05. The van der Waals surface area contributed by atoms with E-state index in [1.165, 1.54) is 0 Å². The maximum absolute atomic E-state index is 11.3. The Morgan fingerprint density at radius 3 is 2.64 bits per heavy atom. The minimum atomic E-state index is -1.10. The van der Waals surface area contributed by atoms with E-state index in [0.717, 1.165) is 5.56 Å². The van der Waals surface area contributed by atoms with Gasteiger partial charge in [0.15, 0.2) is 0 Å². The second kappa shape index (κ2) is 5.49. The summed E-state index contributed by atoms with van der Waals surface area (Å²) >= 11 is 0. The molecule has 4 nitrogen and oxygen atoms in total. The van der Waals surface area contributed by atoms with Crippen LogP contribution in [0.15, 0.2) is 24.5 Å². The second-order valence-corrected chi connectivity index (χ2v) is 4.36. The summed E-state index contributed by atoms with van der Waals surface area (Å²) in [5, 5.41) is 8.38. The van der Waals surface area contributed by atoms with Gasteiger partial charge in [-0.1, -0.05) is 0 Å². The number of pyridine rings is 1. The molecule has 1 N–H and O–H groups in total. The average Bonchev–Trinajstić information content (AvgIpc) is 2.16. The fraction of sp³-hybridized carbons (Fsp3) is 0.333. The van der Waals surface area contributed by atoms with Crippen molar-refractivity contribution >= 4 is 16.8 Å². The van der Waals surface area contributed by atoms with E-state index in [0.29, 0.717) is 5.75 Å². The molecule has 0 aromatic carbocycles. The minimum absolute atomic E-state index is 0.0440. The number of aliphatic carboxylic acids is 1. The van der Waals surface area contributed by atoms with E-state index in [4.69, 9.17) is 5.11 Å². The zero-order valence-electron chi connectivity index (χ0n) is 7.55. The number of nitrogens with zero attached hydrogens (tertiary/aromatic N) is 1. The topological polar surface area (TPSA) is 67.3 Å². The predicted molar refractivity (Wildman–Crippen MR) is 53.2 cm³/mol. The summed E-state index contributed by atoms with van der Waals surface area (Å²) in [6.45, 7) is 0. The lowest BCUT2D eigenvalue weighted by Gasteiger charge is -1.99. The number of carboxylic acid groups (broad SMARTS) is 1. The Hall–Kier alpha value is -1.23. The average molecular weight is 213 g/mol. The third-order valence-corrected chi connectivity index (χ3v) is 2.94. The minimum Gasteiger partial charge on any atom is -0.481 e. The van der Waals surface area contributed by atoms with Crippen LogP contribution in [0.2, 0.25) is 0 Å². The summed E-state index contributed by atoms with van der Waals surface area (Å²) in [4.78, 5) is 14.0. The van der Waals surface area contributed by atoms with Crippen LogP contribution in [0.5, 0.6) is 0 Å². The van der Waals surface area contributed by atoms with E-state index in [2.05, 4.69) is 4.98 Å². The van der Waals surface area contributed by atoms with E-state index < -0.39 is 16.8 Å². The molecule has 0 saturated carbocycles. The zero-order chi connectivity index (χ0) is 10.4. The summed E-state index contributed by atoms with van der Waals surface area (Å²) in [6, 6.07) is 3.55. The smallest absolute Gasteiger partial charge is 0.304 e. The van der Waals surface area contributed by atoms with Crippen LogP contribution in [0.3, 0.4) is 0 Å². The van der Waals surface area contributed by atoms with Crippen LogP contribution in [-0.2, 0) is 21.3 Å². The lowest BCUT2D eigenvalue weighted by atomic mass is 10.3. The van der Waals surface area contributed by atoms with Gasteiger partial charge < -0.3 is 5.11 Å². The molecule has 5 heteroatoms. The first-order valence-electron chi connectivity index (χ1n) is 4.14. The van der Waals surface area contributed by atoms with Crippen molar-refractivity contribution in [3.8, 4) is 0 Å². The third-order valence-electron chi connectivity index (χ3n) is 1.62. The molecular weight excluding hydrogens is 202 g/mol. The molecule has 0 spiro atoms. The van der Waals surface area contributed by atoms with Crippen molar-refractivity contribution in [3.05, 3.63) is 30.1 Å². The van der Waals surface area contributed by atoms with Gasteiger partial charge in [-0.3, -0.25) is 14.0 Å². The van der Waals surface area contributed by atoms with Crippen LogP contribution in [0.25, 0.3) is 0 Å². The summed E-state index contributed by atoms with van der Waals surface area (Å²) in [6.07, 6.45) is 3.21. The molecule has 14 heavy (non-hydrogen) atoms. The first-order valence-corrected chi connectivity index (χ1v) is 5.63. The van der Waals surface area contributed by atoms with E-state index in [1.54, 1.807) is 24.5 Å². The number of aromatic nitrogens is 1. The standard InChI is InChI=1S/C9H11NO3S/c11-9(12)3-6-14(13)7-8-1-4-10-5-2-8/h1-2,4-5H,3,6-7H2,(H,11,12). The highest BCUT2D eigenvalue weighted by Gasteiger charge is 2.04. The van der Waals surface area contributed by atoms with Crippen molar-refractivity contribution in [1.82, 2.24) is 4.98 Å². The summed E-state index contributed by atoms with van der Waals surface area (Å²) < 4.78 is 11.3. The molecule has 1 heterocycles. The van der Waals surface area contributed by atoms with Crippen molar-refractivity contribution in [2.24, 2.45) is 0 Å². The van der Waals surface area contributed by atoms with Gasteiger partial charge in [0.2, 0.25) is 0 Å². The van der Waals surface area contributed by atoms with Crippen LogP contribution in [0, 0.1) is 0 Å². The molecule has 0 fully saturated rings. The first kappa shape index (κ1) is 10.8. The predicted octanol–water partition coefficient (Wildman–Crippen LogP) is 0.805. The van der Waals surface area contributed by atoms with Crippen LogP contribution < -0.4 is 0 Å². The van der Waals surface area contributed by atoms with E-state index in [-0.39, 0.29) is 12.2 Å². The maximum Gasteiger partial charge on any atom is 0.304 e. The highest BCUT2D eigenvalue weighted by Crippen LogP contribution is 2.02. The van der Waals surface area contributed by atoms with Gasteiger partial charge in [0.1, 0.15) is 0 Å². The van der Waals surface area contributed by atoms with Gasteiger partial charge in [-0.05, 0) is 17.7 Å². The number of rotatable bonds is 5. The van der Waals surface area contributed by atoms with Crippen molar-refractivity contribution in [2.45, 2.75) is 12.2 Å². The number of hydrogen-bond donors (Lipinski definition) is 1. The van der Waals surface area contributed by atoms with Crippen LogP contribution in [-0.4, -0.2) is 26.0 Å². The van der Waals surface area contributed by atoms with Crippen LogP contribution >= 0.6 is 0 Å². The van der Waals surface area contributed by atoms with Gasteiger partial charge in [0, 0.05) is 34.7 Å².